The quantitative estimate of drug-likeness (QED) is 0.777. The van der Waals surface area contributed by atoms with Gasteiger partial charge in [0.2, 0.25) is 0 Å². The first-order valence-corrected chi connectivity index (χ1v) is 4.38. The standard InChI is InChI=1S/C11H8FNO2/c1-6-7-3-2-4-13-10(7)9(12)5-8(6)11(14)15/h2-5H,1H3,(H,14,15). The second kappa shape index (κ2) is 3.31. The van der Waals surface area contributed by atoms with Gasteiger partial charge in [-0.3, -0.25) is 4.98 Å². The molecular weight excluding hydrogens is 197 g/mol. The van der Waals surface area contributed by atoms with Gasteiger partial charge in [-0.2, -0.15) is 0 Å². The van der Waals surface area contributed by atoms with Gasteiger partial charge in [0.15, 0.2) is 0 Å². The third kappa shape index (κ3) is 1.44. The number of carboxylic acids is 1. The van der Waals surface area contributed by atoms with E-state index in [4.69, 9.17) is 5.11 Å². The average Bonchev–Trinajstić information content (AvgIpc) is 2.23. The lowest BCUT2D eigenvalue weighted by atomic mass is 10.0. The van der Waals surface area contributed by atoms with E-state index in [1.807, 2.05) is 0 Å². The van der Waals surface area contributed by atoms with Gasteiger partial charge in [-0.1, -0.05) is 6.07 Å². The van der Waals surface area contributed by atoms with Gasteiger partial charge < -0.3 is 5.11 Å². The lowest BCUT2D eigenvalue weighted by Crippen LogP contribution is -2.02. The summed E-state index contributed by atoms with van der Waals surface area (Å²) in [5, 5.41) is 9.40. The van der Waals surface area contributed by atoms with Crippen molar-refractivity contribution in [1.29, 1.82) is 0 Å². The van der Waals surface area contributed by atoms with Crippen molar-refractivity contribution in [3.05, 3.63) is 41.3 Å². The zero-order valence-electron chi connectivity index (χ0n) is 7.99. The number of aryl methyl sites for hydroxylation is 1. The Morgan fingerprint density at radius 2 is 2.27 bits per heavy atom. The number of fused-ring (bicyclic) bond motifs is 1. The molecule has 1 aromatic heterocycles. The van der Waals surface area contributed by atoms with Crippen LogP contribution in [0.25, 0.3) is 10.9 Å². The van der Waals surface area contributed by atoms with Crippen LogP contribution in [0.15, 0.2) is 24.4 Å². The van der Waals surface area contributed by atoms with E-state index in [1.165, 1.54) is 6.20 Å². The van der Waals surface area contributed by atoms with Gasteiger partial charge in [-0.15, -0.1) is 0 Å². The van der Waals surface area contributed by atoms with E-state index in [-0.39, 0.29) is 11.1 Å². The molecule has 1 heterocycles. The fourth-order valence-electron chi connectivity index (χ4n) is 1.57. The molecule has 4 heteroatoms. The van der Waals surface area contributed by atoms with Gasteiger partial charge in [0.05, 0.1) is 5.56 Å². The minimum Gasteiger partial charge on any atom is -0.478 e. The highest BCUT2D eigenvalue weighted by molar-refractivity contribution is 5.96. The highest BCUT2D eigenvalue weighted by atomic mass is 19.1. The maximum absolute atomic E-state index is 13.5. The van der Waals surface area contributed by atoms with Crippen LogP contribution in [0.4, 0.5) is 4.39 Å². The molecule has 0 unspecified atom stereocenters. The van der Waals surface area contributed by atoms with Crippen LogP contribution in [0.3, 0.4) is 0 Å². The Labute approximate surface area is 85.2 Å². The second-order valence-corrected chi connectivity index (χ2v) is 3.24. The maximum Gasteiger partial charge on any atom is 0.336 e. The van der Waals surface area contributed by atoms with Crippen LogP contribution in [0.5, 0.6) is 0 Å². The number of pyridine rings is 1. The van der Waals surface area contributed by atoms with Crippen LogP contribution in [0, 0.1) is 12.7 Å². The van der Waals surface area contributed by atoms with Crippen molar-refractivity contribution in [2.24, 2.45) is 0 Å². The van der Waals surface area contributed by atoms with Gasteiger partial charge in [-0.05, 0) is 24.6 Å². The largest absolute Gasteiger partial charge is 0.478 e. The number of carbonyl (C=O) groups is 1. The summed E-state index contributed by atoms with van der Waals surface area (Å²) in [7, 11) is 0. The predicted molar refractivity (Wildman–Crippen MR) is 53.4 cm³/mol. The van der Waals surface area contributed by atoms with Crippen molar-refractivity contribution in [2.75, 3.05) is 0 Å². The Balaban J connectivity index is 2.90. The number of benzene rings is 1. The molecule has 0 saturated heterocycles. The Hall–Kier alpha value is -1.97. The maximum atomic E-state index is 13.5. The Morgan fingerprint density at radius 1 is 1.53 bits per heavy atom. The SMILES string of the molecule is Cc1c(C(=O)O)cc(F)c2ncccc12. The van der Waals surface area contributed by atoms with Crippen molar-refractivity contribution in [1.82, 2.24) is 4.98 Å². The van der Waals surface area contributed by atoms with Gasteiger partial charge in [-0.25, -0.2) is 9.18 Å². The number of nitrogens with zero attached hydrogens (tertiary/aromatic N) is 1. The van der Waals surface area contributed by atoms with Crippen molar-refractivity contribution in [3.63, 3.8) is 0 Å². The van der Waals surface area contributed by atoms with Crippen LogP contribution in [-0.2, 0) is 0 Å². The molecule has 2 rings (SSSR count). The van der Waals surface area contributed by atoms with E-state index in [1.54, 1.807) is 19.1 Å². The summed E-state index contributed by atoms with van der Waals surface area (Å²) >= 11 is 0. The molecule has 0 bridgehead atoms. The van der Waals surface area contributed by atoms with E-state index in [0.717, 1.165) is 6.07 Å². The summed E-state index contributed by atoms with van der Waals surface area (Å²) in [6.07, 6.45) is 1.48. The van der Waals surface area contributed by atoms with Gasteiger partial charge in [0, 0.05) is 11.6 Å². The summed E-state index contributed by atoms with van der Waals surface area (Å²) in [6.45, 7) is 1.65. The fourth-order valence-corrected chi connectivity index (χ4v) is 1.57. The van der Waals surface area contributed by atoms with E-state index >= 15 is 0 Å². The minimum absolute atomic E-state index is 0.0204. The molecule has 3 nitrogen and oxygen atoms in total. The zero-order chi connectivity index (χ0) is 11.0. The molecular formula is C11H8FNO2. The molecule has 0 aliphatic carbocycles. The molecule has 0 aliphatic rings. The third-order valence-electron chi connectivity index (χ3n) is 2.34. The smallest absolute Gasteiger partial charge is 0.336 e. The molecule has 76 valence electrons. The van der Waals surface area contributed by atoms with E-state index in [9.17, 15) is 9.18 Å². The fraction of sp³-hybridized carbons (Fsp3) is 0.0909. The number of aromatic carboxylic acids is 1. The van der Waals surface area contributed by atoms with Crippen LogP contribution < -0.4 is 0 Å². The molecule has 15 heavy (non-hydrogen) atoms. The van der Waals surface area contributed by atoms with E-state index in [2.05, 4.69) is 4.98 Å². The van der Waals surface area contributed by atoms with Crippen molar-refractivity contribution in [2.45, 2.75) is 6.92 Å². The molecule has 2 aromatic rings. The summed E-state index contributed by atoms with van der Waals surface area (Å²) < 4.78 is 13.5. The molecule has 1 N–H and O–H groups in total. The van der Waals surface area contributed by atoms with E-state index < -0.39 is 11.8 Å². The monoisotopic (exact) mass is 205 g/mol. The molecule has 0 radical (unpaired) electrons. The molecule has 0 atom stereocenters. The Kier molecular flexibility index (Phi) is 2.11. The molecule has 0 fully saturated rings. The molecule has 0 aliphatic heterocycles. The molecule has 0 amide bonds. The molecule has 1 aromatic carbocycles. The van der Waals surface area contributed by atoms with Crippen LogP contribution in [0.1, 0.15) is 15.9 Å². The zero-order valence-corrected chi connectivity index (χ0v) is 7.99. The minimum atomic E-state index is -1.13. The topological polar surface area (TPSA) is 50.2 Å². The lowest BCUT2D eigenvalue weighted by Gasteiger charge is -2.05. The first-order chi connectivity index (χ1) is 7.11. The van der Waals surface area contributed by atoms with Crippen molar-refractivity contribution in [3.8, 4) is 0 Å². The van der Waals surface area contributed by atoms with Gasteiger partial charge >= 0.3 is 5.97 Å². The van der Waals surface area contributed by atoms with Gasteiger partial charge in [0.25, 0.3) is 0 Å². The first-order valence-electron chi connectivity index (χ1n) is 4.38. The number of halogens is 1. The highest BCUT2D eigenvalue weighted by Gasteiger charge is 2.14. The van der Waals surface area contributed by atoms with E-state index in [0.29, 0.717) is 10.9 Å². The van der Waals surface area contributed by atoms with Crippen molar-refractivity contribution >= 4 is 16.9 Å². The predicted octanol–water partition coefficient (Wildman–Crippen LogP) is 2.38. The van der Waals surface area contributed by atoms with Crippen LogP contribution in [-0.4, -0.2) is 16.1 Å². The Bertz CT molecular complexity index is 552. The summed E-state index contributed by atoms with van der Waals surface area (Å²) in [5.74, 6) is -1.73. The van der Waals surface area contributed by atoms with Crippen LogP contribution >= 0.6 is 0 Å². The number of rotatable bonds is 1. The summed E-state index contributed by atoms with van der Waals surface area (Å²) in [5.41, 5.74) is 0.722. The lowest BCUT2D eigenvalue weighted by molar-refractivity contribution is 0.0696. The number of hydrogen-bond acceptors (Lipinski definition) is 2. The molecule has 0 saturated carbocycles. The first kappa shape index (κ1) is 9.58. The van der Waals surface area contributed by atoms with Crippen molar-refractivity contribution < 1.29 is 14.3 Å². The number of aromatic nitrogens is 1. The normalized spacial score (nSPS) is 10.5. The third-order valence-corrected chi connectivity index (χ3v) is 2.34. The number of hydrogen-bond donors (Lipinski definition) is 1. The summed E-state index contributed by atoms with van der Waals surface area (Å²) in [4.78, 5) is 14.7. The average molecular weight is 205 g/mol. The van der Waals surface area contributed by atoms with Gasteiger partial charge in [0.1, 0.15) is 11.3 Å². The number of carboxylic acid groups (broad SMARTS) is 1. The molecule has 0 spiro atoms. The summed E-state index contributed by atoms with van der Waals surface area (Å²) in [6, 6.07) is 4.32. The van der Waals surface area contributed by atoms with Crippen LogP contribution in [0.2, 0.25) is 0 Å². The second-order valence-electron chi connectivity index (χ2n) is 3.24. The Morgan fingerprint density at radius 3 is 2.93 bits per heavy atom. The highest BCUT2D eigenvalue weighted by Crippen LogP contribution is 2.22.